The van der Waals surface area contributed by atoms with Crippen molar-refractivity contribution in [3.8, 4) is 0 Å². The van der Waals surface area contributed by atoms with E-state index in [4.69, 9.17) is 0 Å². The van der Waals surface area contributed by atoms with Crippen LogP contribution in [0.25, 0.3) is 0 Å². The minimum atomic E-state index is -3.28. The average Bonchev–Trinajstić information content (AvgIpc) is 3.23. The van der Waals surface area contributed by atoms with E-state index in [1.807, 2.05) is 6.92 Å². The van der Waals surface area contributed by atoms with Crippen LogP contribution >= 0.6 is 0 Å². The summed E-state index contributed by atoms with van der Waals surface area (Å²) < 4.78 is 26.5. The second-order valence-electron chi connectivity index (χ2n) is 9.13. The summed E-state index contributed by atoms with van der Waals surface area (Å²) in [5, 5.41) is 3.02. The highest BCUT2D eigenvalue weighted by Gasteiger charge is 2.25. The largest absolute Gasteiger partial charge is 0.346 e. The van der Waals surface area contributed by atoms with Gasteiger partial charge in [-0.1, -0.05) is 57.2 Å². The maximum atomic E-state index is 12.6. The van der Waals surface area contributed by atoms with Gasteiger partial charge in [-0.15, -0.1) is 0 Å². The molecule has 0 saturated carbocycles. The third kappa shape index (κ3) is 5.49. The molecule has 0 radical (unpaired) electrons. The maximum Gasteiger partial charge on any atom is 0.251 e. The van der Waals surface area contributed by atoms with E-state index in [2.05, 4.69) is 50.4 Å². The molecule has 1 N–H and O–H groups in total. The zero-order valence-corrected chi connectivity index (χ0v) is 19.1. The lowest BCUT2D eigenvalue weighted by Gasteiger charge is -2.21. The maximum absolute atomic E-state index is 12.6. The van der Waals surface area contributed by atoms with Crippen molar-refractivity contribution in [2.24, 2.45) is 0 Å². The summed E-state index contributed by atoms with van der Waals surface area (Å²) in [6.45, 7) is 9.70. The number of hydrogen-bond donors (Lipinski definition) is 1. The summed E-state index contributed by atoms with van der Waals surface area (Å²) in [7, 11) is -3.28. The SMILES string of the molecule is C[C@@H](NC(=O)c1ccc(CS(=O)(=O)N2CCCC2)cc1)c1ccc(C(C)(C)C)cc1. The van der Waals surface area contributed by atoms with Gasteiger partial charge in [0.2, 0.25) is 10.0 Å². The van der Waals surface area contributed by atoms with Crippen LogP contribution in [-0.4, -0.2) is 31.7 Å². The highest BCUT2D eigenvalue weighted by molar-refractivity contribution is 7.88. The van der Waals surface area contributed by atoms with Crippen molar-refractivity contribution in [1.29, 1.82) is 0 Å². The Morgan fingerprint density at radius 2 is 1.57 bits per heavy atom. The second kappa shape index (κ2) is 8.90. The van der Waals surface area contributed by atoms with Crippen LogP contribution in [0.5, 0.6) is 0 Å². The molecule has 1 aliphatic heterocycles. The van der Waals surface area contributed by atoms with Gasteiger partial charge in [0.15, 0.2) is 0 Å². The van der Waals surface area contributed by atoms with Crippen molar-refractivity contribution in [3.63, 3.8) is 0 Å². The lowest BCUT2D eigenvalue weighted by Crippen LogP contribution is -2.29. The van der Waals surface area contributed by atoms with Crippen LogP contribution in [-0.2, 0) is 21.2 Å². The summed E-state index contributed by atoms with van der Waals surface area (Å²) in [5.41, 5.74) is 3.61. The summed E-state index contributed by atoms with van der Waals surface area (Å²) in [5.74, 6) is -0.192. The average molecular weight is 429 g/mol. The van der Waals surface area contributed by atoms with Gasteiger partial charge in [0.25, 0.3) is 5.91 Å². The van der Waals surface area contributed by atoms with Gasteiger partial charge in [-0.05, 0) is 54.0 Å². The Bertz CT molecular complexity index is 969. The standard InChI is InChI=1S/C24H32N2O3S/c1-18(20-11-13-22(14-12-20)24(2,3)4)25-23(27)21-9-7-19(8-10-21)17-30(28,29)26-15-5-6-16-26/h7-14,18H,5-6,15-17H2,1-4H3,(H,25,27)/t18-/m1/s1. The molecular weight excluding hydrogens is 396 g/mol. The fourth-order valence-electron chi connectivity index (χ4n) is 3.66. The van der Waals surface area contributed by atoms with Gasteiger partial charge < -0.3 is 5.32 Å². The molecule has 0 aromatic heterocycles. The molecule has 0 unspecified atom stereocenters. The number of benzene rings is 2. The first kappa shape index (κ1) is 22.5. The van der Waals surface area contributed by atoms with Crippen molar-refractivity contribution in [2.45, 2.75) is 57.7 Å². The van der Waals surface area contributed by atoms with Gasteiger partial charge in [0.05, 0.1) is 11.8 Å². The van der Waals surface area contributed by atoms with Crippen LogP contribution in [0.1, 0.15) is 73.6 Å². The minimum absolute atomic E-state index is 0.0224. The fraction of sp³-hybridized carbons (Fsp3) is 0.458. The first-order valence-electron chi connectivity index (χ1n) is 10.5. The molecule has 2 aromatic carbocycles. The van der Waals surface area contributed by atoms with Crippen LogP contribution < -0.4 is 5.32 Å². The zero-order chi connectivity index (χ0) is 21.9. The molecule has 1 fully saturated rings. The predicted molar refractivity (Wildman–Crippen MR) is 121 cm³/mol. The number of carbonyl (C=O) groups excluding carboxylic acids is 1. The van der Waals surface area contributed by atoms with Crippen molar-refractivity contribution in [1.82, 2.24) is 9.62 Å². The summed E-state index contributed by atoms with van der Waals surface area (Å²) in [6.07, 6.45) is 1.85. The van der Waals surface area contributed by atoms with E-state index in [-0.39, 0.29) is 23.1 Å². The normalized spacial score (nSPS) is 16.4. The summed E-state index contributed by atoms with van der Waals surface area (Å²) in [4.78, 5) is 12.6. The zero-order valence-electron chi connectivity index (χ0n) is 18.3. The van der Waals surface area contributed by atoms with Crippen molar-refractivity contribution < 1.29 is 13.2 Å². The molecule has 1 saturated heterocycles. The molecule has 0 bridgehead atoms. The van der Waals surface area contributed by atoms with Crippen LogP contribution in [0, 0.1) is 0 Å². The molecule has 2 aromatic rings. The number of sulfonamides is 1. The number of carbonyl (C=O) groups is 1. The quantitative estimate of drug-likeness (QED) is 0.742. The van der Waals surface area contributed by atoms with E-state index >= 15 is 0 Å². The smallest absolute Gasteiger partial charge is 0.251 e. The van der Waals surface area contributed by atoms with Gasteiger partial charge in [-0.3, -0.25) is 4.79 Å². The lowest BCUT2D eigenvalue weighted by atomic mass is 9.86. The number of hydrogen-bond acceptors (Lipinski definition) is 3. The van der Waals surface area contributed by atoms with E-state index < -0.39 is 10.0 Å². The highest BCUT2D eigenvalue weighted by atomic mass is 32.2. The molecule has 0 spiro atoms. The molecule has 1 aliphatic rings. The van der Waals surface area contributed by atoms with Crippen molar-refractivity contribution in [2.75, 3.05) is 13.1 Å². The minimum Gasteiger partial charge on any atom is -0.346 e. The molecule has 162 valence electrons. The summed E-state index contributed by atoms with van der Waals surface area (Å²) in [6, 6.07) is 15.0. The topological polar surface area (TPSA) is 66.5 Å². The number of amides is 1. The van der Waals surface area contributed by atoms with Gasteiger partial charge >= 0.3 is 0 Å². The van der Waals surface area contributed by atoms with Crippen molar-refractivity contribution >= 4 is 15.9 Å². The number of nitrogens with one attached hydrogen (secondary N) is 1. The van der Waals surface area contributed by atoms with E-state index in [0.717, 1.165) is 18.4 Å². The van der Waals surface area contributed by atoms with Crippen molar-refractivity contribution in [3.05, 3.63) is 70.8 Å². The molecule has 1 atom stereocenters. The Morgan fingerprint density at radius 1 is 1.00 bits per heavy atom. The van der Waals surface area contributed by atoms with Gasteiger partial charge in [0.1, 0.15) is 0 Å². The number of nitrogens with zero attached hydrogens (tertiary/aromatic N) is 1. The molecular formula is C24H32N2O3S. The number of rotatable bonds is 6. The van der Waals surface area contributed by atoms with E-state index in [1.165, 1.54) is 5.56 Å². The first-order chi connectivity index (χ1) is 14.1. The third-order valence-electron chi connectivity index (χ3n) is 5.65. The second-order valence-corrected chi connectivity index (χ2v) is 11.1. The summed E-state index contributed by atoms with van der Waals surface area (Å²) >= 11 is 0. The molecule has 1 heterocycles. The third-order valence-corrected chi connectivity index (χ3v) is 7.50. The van der Waals surface area contributed by atoms with Gasteiger partial charge in [-0.25, -0.2) is 12.7 Å². The predicted octanol–water partition coefficient (Wildman–Crippen LogP) is 4.40. The van der Waals surface area contributed by atoms with E-state index in [1.54, 1.807) is 28.6 Å². The Kier molecular flexibility index (Phi) is 6.68. The first-order valence-corrected chi connectivity index (χ1v) is 12.2. The van der Waals surface area contributed by atoms with Crippen LogP contribution in [0.3, 0.4) is 0 Å². The molecule has 3 rings (SSSR count). The molecule has 5 nitrogen and oxygen atoms in total. The molecule has 1 amide bonds. The van der Waals surface area contributed by atoms with Crippen LogP contribution in [0.15, 0.2) is 48.5 Å². The molecule has 30 heavy (non-hydrogen) atoms. The van der Waals surface area contributed by atoms with Gasteiger partial charge in [-0.2, -0.15) is 0 Å². The molecule has 0 aliphatic carbocycles. The Morgan fingerprint density at radius 3 is 2.10 bits per heavy atom. The monoisotopic (exact) mass is 428 g/mol. The lowest BCUT2D eigenvalue weighted by molar-refractivity contribution is 0.0940. The Balaban J connectivity index is 1.61. The Hall–Kier alpha value is -2.18. The fourth-order valence-corrected chi connectivity index (χ4v) is 5.27. The van der Waals surface area contributed by atoms with Crippen LogP contribution in [0.4, 0.5) is 0 Å². The van der Waals surface area contributed by atoms with E-state index in [0.29, 0.717) is 24.2 Å². The highest BCUT2D eigenvalue weighted by Crippen LogP contribution is 2.24. The van der Waals surface area contributed by atoms with E-state index in [9.17, 15) is 13.2 Å². The molecule has 6 heteroatoms. The Labute approximate surface area is 180 Å². The van der Waals surface area contributed by atoms with Crippen LogP contribution in [0.2, 0.25) is 0 Å². The van der Waals surface area contributed by atoms with Gasteiger partial charge in [0, 0.05) is 18.7 Å².